The van der Waals surface area contributed by atoms with Crippen molar-refractivity contribution >= 4 is 22.4 Å². The van der Waals surface area contributed by atoms with Gasteiger partial charge in [0.15, 0.2) is 0 Å². The van der Waals surface area contributed by atoms with E-state index < -0.39 is 12.0 Å². The molecule has 1 aromatic heterocycles. The first-order valence-electron chi connectivity index (χ1n) is 9.32. The number of rotatable bonds is 2. The van der Waals surface area contributed by atoms with E-state index in [-0.39, 0.29) is 12.0 Å². The molecule has 141 valence electrons. The van der Waals surface area contributed by atoms with Gasteiger partial charge in [-0.1, -0.05) is 12.8 Å². The number of nitrogens with two attached hydrogens (primary N) is 1. The van der Waals surface area contributed by atoms with Crippen molar-refractivity contribution in [2.45, 2.75) is 50.7 Å². The van der Waals surface area contributed by atoms with Crippen LogP contribution < -0.4 is 10.6 Å². The number of nitrogen functional groups attached to an aromatic ring is 1. The van der Waals surface area contributed by atoms with E-state index in [2.05, 4.69) is 16.8 Å². The standard InChI is InChI=1S/C19H24F3N4/c1-12-5-4-10-25(11-12)17-14(23)8-9-15-16(17)24-18(19(20,21)22)26(15)13-6-2-3-7-13/h8-9,12-13H,1-7,10-11,23H2/t12-/m1/s1. The van der Waals surface area contributed by atoms with E-state index in [4.69, 9.17) is 5.73 Å². The number of piperidine rings is 1. The van der Waals surface area contributed by atoms with Crippen LogP contribution in [0.25, 0.3) is 11.0 Å². The molecule has 2 aromatic rings. The lowest BCUT2D eigenvalue weighted by Crippen LogP contribution is -2.35. The number of imidazole rings is 1. The van der Waals surface area contributed by atoms with Crippen LogP contribution in [0.1, 0.15) is 50.4 Å². The van der Waals surface area contributed by atoms with Crippen molar-refractivity contribution in [3.05, 3.63) is 24.9 Å². The summed E-state index contributed by atoms with van der Waals surface area (Å²) in [5.74, 6) is -0.549. The topological polar surface area (TPSA) is 47.1 Å². The van der Waals surface area contributed by atoms with Crippen LogP contribution in [0.15, 0.2) is 12.1 Å². The van der Waals surface area contributed by atoms with Gasteiger partial charge < -0.3 is 15.2 Å². The molecule has 26 heavy (non-hydrogen) atoms. The highest BCUT2D eigenvalue weighted by molar-refractivity contribution is 5.96. The van der Waals surface area contributed by atoms with E-state index >= 15 is 0 Å². The van der Waals surface area contributed by atoms with Crippen molar-refractivity contribution in [3.63, 3.8) is 0 Å². The summed E-state index contributed by atoms with van der Waals surface area (Å²) in [6.07, 6.45) is 0.940. The molecule has 1 radical (unpaired) electrons. The summed E-state index contributed by atoms with van der Waals surface area (Å²) in [6, 6.07) is 3.27. The molecule has 2 heterocycles. The minimum Gasteiger partial charge on any atom is -0.397 e. The summed E-state index contributed by atoms with van der Waals surface area (Å²) in [6.45, 7) is 5.59. The summed E-state index contributed by atoms with van der Waals surface area (Å²) in [7, 11) is 0. The molecule has 1 saturated carbocycles. The third-order valence-corrected chi connectivity index (χ3v) is 5.65. The second-order valence-corrected chi connectivity index (χ2v) is 7.57. The van der Waals surface area contributed by atoms with Gasteiger partial charge >= 0.3 is 6.18 Å². The van der Waals surface area contributed by atoms with Crippen molar-refractivity contribution in [1.82, 2.24) is 9.55 Å². The molecule has 0 spiro atoms. The minimum atomic E-state index is -4.48. The maximum Gasteiger partial charge on any atom is 0.449 e. The smallest absolute Gasteiger partial charge is 0.397 e. The molecule has 1 atom stereocenters. The van der Waals surface area contributed by atoms with Gasteiger partial charge in [-0.3, -0.25) is 0 Å². The van der Waals surface area contributed by atoms with Crippen molar-refractivity contribution in [2.75, 3.05) is 23.7 Å². The molecule has 1 aliphatic carbocycles. The monoisotopic (exact) mass is 365 g/mol. The van der Waals surface area contributed by atoms with Gasteiger partial charge in [-0.05, 0) is 50.7 Å². The van der Waals surface area contributed by atoms with Gasteiger partial charge in [-0.2, -0.15) is 13.2 Å². The van der Waals surface area contributed by atoms with Gasteiger partial charge in [-0.25, -0.2) is 4.98 Å². The fourth-order valence-corrected chi connectivity index (χ4v) is 4.50. The second-order valence-electron chi connectivity index (χ2n) is 7.57. The van der Waals surface area contributed by atoms with Crippen LogP contribution in [-0.2, 0) is 6.18 Å². The van der Waals surface area contributed by atoms with Crippen LogP contribution >= 0.6 is 0 Å². The molecular weight excluding hydrogens is 341 g/mol. The van der Waals surface area contributed by atoms with E-state index in [0.717, 1.165) is 45.1 Å². The van der Waals surface area contributed by atoms with Crippen molar-refractivity contribution in [2.24, 2.45) is 5.92 Å². The van der Waals surface area contributed by atoms with Crippen LogP contribution in [0.2, 0.25) is 0 Å². The number of nitrogens with zero attached hydrogens (tertiary/aromatic N) is 3. The molecule has 2 aliphatic rings. The summed E-state index contributed by atoms with van der Waals surface area (Å²) >= 11 is 0. The summed E-state index contributed by atoms with van der Waals surface area (Å²) in [4.78, 5) is 6.15. The maximum atomic E-state index is 13.7. The lowest BCUT2D eigenvalue weighted by Gasteiger charge is -2.33. The normalized spacial score (nSPS) is 22.5. The first kappa shape index (κ1) is 17.5. The largest absolute Gasteiger partial charge is 0.449 e. The van der Waals surface area contributed by atoms with E-state index in [1.54, 1.807) is 12.1 Å². The quantitative estimate of drug-likeness (QED) is 0.778. The Hall–Kier alpha value is -1.92. The van der Waals surface area contributed by atoms with Crippen LogP contribution in [0.5, 0.6) is 0 Å². The molecule has 4 rings (SSSR count). The Morgan fingerprint density at radius 1 is 1.12 bits per heavy atom. The number of aromatic nitrogens is 2. The molecule has 0 unspecified atom stereocenters. The Morgan fingerprint density at radius 3 is 2.50 bits per heavy atom. The average Bonchev–Trinajstić information content (AvgIpc) is 3.20. The third kappa shape index (κ3) is 2.91. The van der Waals surface area contributed by atoms with Gasteiger partial charge in [0, 0.05) is 19.1 Å². The van der Waals surface area contributed by atoms with E-state index in [1.165, 1.54) is 4.57 Å². The predicted molar refractivity (Wildman–Crippen MR) is 96.9 cm³/mol. The first-order chi connectivity index (χ1) is 12.4. The van der Waals surface area contributed by atoms with Gasteiger partial charge in [0.05, 0.1) is 16.9 Å². The number of anilines is 2. The number of alkyl halides is 3. The Bertz CT molecular complexity index is 805. The van der Waals surface area contributed by atoms with E-state index in [1.807, 2.05) is 0 Å². The summed E-state index contributed by atoms with van der Waals surface area (Å²) in [5.41, 5.74) is 8.23. The highest BCUT2D eigenvalue weighted by Crippen LogP contribution is 2.43. The van der Waals surface area contributed by atoms with Gasteiger partial charge in [0.25, 0.3) is 0 Å². The predicted octanol–water partition coefficient (Wildman–Crippen LogP) is 4.80. The van der Waals surface area contributed by atoms with Gasteiger partial charge in [0.1, 0.15) is 5.52 Å². The molecule has 4 nitrogen and oxygen atoms in total. The highest BCUT2D eigenvalue weighted by atomic mass is 19.4. The third-order valence-electron chi connectivity index (χ3n) is 5.65. The number of hydrogen-bond acceptors (Lipinski definition) is 3. The number of hydrogen-bond donors (Lipinski definition) is 1. The Kier molecular flexibility index (Phi) is 4.28. The number of halogens is 3. The second kappa shape index (κ2) is 6.35. The zero-order valence-corrected chi connectivity index (χ0v) is 14.7. The van der Waals surface area contributed by atoms with Crippen LogP contribution in [0, 0.1) is 12.8 Å². The van der Waals surface area contributed by atoms with Crippen molar-refractivity contribution < 1.29 is 13.2 Å². The minimum absolute atomic E-state index is 0.143. The van der Waals surface area contributed by atoms with Gasteiger partial charge in [0.2, 0.25) is 5.82 Å². The SMILES string of the molecule is [CH2][C@@H]1CCCN(c2c(N)ccc3c2nc(C(F)(F)F)n3C2CCCC2)C1. The molecule has 7 heteroatoms. The molecule has 1 aliphatic heterocycles. The Labute approximate surface area is 151 Å². The van der Waals surface area contributed by atoms with Gasteiger partial charge in [-0.15, -0.1) is 0 Å². The molecule has 1 saturated heterocycles. The van der Waals surface area contributed by atoms with Crippen molar-refractivity contribution in [3.8, 4) is 0 Å². The van der Waals surface area contributed by atoms with Crippen LogP contribution in [0.3, 0.4) is 0 Å². The maximum absolute atomic E-state index is 13.7. The average molecular weight is 365 g/mol. The van der Waals surface area contributed by atoms with Crippen molar-refractivity contribution in [1.29, 1.82) is 0 Å². The molecule has 0 bridgehead atoms. The Balaban J connectivity index is 1.92. The highest BCUT2D eigenvalue weighted by Gasteiger charge is 2.40. The zero-order valence-electron chi connectivity index (χ0n) is 14.7. The fourth-order valence-electron chi connectivity index (χ4n) is 4.50. The molecule has 0 amide bonds. The zero-order chi connectivity index (χ0) is 18.5. The van der Waals surface area contributed by atoms with Crippen LogP contribution in [0.4, 0.5) is 24.5 Å². The molecule has 2 N–H and O–H groups in total. The molecule has 2 fully saturated rings. The van der Waals surface area contributed by atoms with Crippen LogP contribution in [-0.4, -0.2) is 22.6 Å². The number of benzene rings is 1. The lowest BCUT2D eigenvalue weighted by molar-refractivity contribution is -0.147. The lowest BCUT2D eigenvalue weighted by atomic mass is 9.99. The number of fused-ring (bicyclic) bond motifs is 1. The Morgan fingerprint density at radius 2 is 1.85 bits per heavy atom. The summed E-state index contributed by atoms with van der Waals surface area (Å²) < 4.78 is 42.6. The van der Waals surface area contributed by atoms with E-state index in [9.17, 15) is 13.2 Å². The fraction of sp³-hybridized carbons (Fsp3) is 0.579. The first-order valence-corrected chi connectivity index (χ1v) is 9.32. The molecular formula is C19H24F3N4. The summed E-state index contributed by atoms with van der Waals surface area (Å²) in [5, 5.41) is 0. The molecule has 1 aromatic carbocycles. The van der Waals surface area contributed by atoms with E-state index in [0.29, 0.717) is 29.0 Å².